The standard InChI is InChI=1S/C13H18N2O2.ClH/c16-13(15-9-12-7-4-8-14-12)17-10-11-5-2-1-3-6-11;/h1-3,5-6,12,14H,4,7-10H2,(H,15,16);1H/t12-;/m0./s1. The zero-order valence-corrected chi connectivity index (χ0v) is 11.0. The quantitative estimate of drug-likeness (QED) is 0.881. The molecule has 1 atom stereocenters. The van der Waals surface area contributed by atoms with Crippen LogP contribution in [0.5, 0.6) is 0 Å². The summed E-state index contributed by atoms with van der Waals surface area (Å²) < 4.78 is 5.11. The summed E-state index contributed by atoms with van der Waals surface area (Å²) in [5, 5.41) is 6.09. The molecule has 18 heavy (non-hydrogen) atoms. The lowest BCUT2D eigenvalue weighted by Crippen LogP contribution is -2.37. The Kier molecular flexibility index (Phi) is 6.54. The van der Waals surface area contributed by atoms with E-state index in [4.69, 9.17) is 4.74 Å². The molecule has 1 heterocycles. The normalized spacial score (nSPS) is 17.9. The van der Waals surface area contributed by atoms with E-state index in [1.165, 1.54) is 6.42 Å². The average Bonchev–Trinajstić information content (AvgIpc) is 2.88. The summed E-state index contributed by atoms with van der Waals surface area (Å²) in [6.07, 6.45) is 1.97. The van der Waals surface area contributed by atoms with Crippen LogP contribution >= 0.6 is 12.4 Å². The summed E-state index contributed by atoms with van der Waals surface area (Å²) in [6.45, 7) is 2.02. The summed E-state index contributed by atoms with van der Waals surface area (Å²) in [7, 11) is 0. The van der Waals surface area contributed by atoms with E-state index < -0.39 is 0 Å². The predicted octanol–water partition coefficient (Wildman–Crippen LogP) is 2.09. The van der Waals surface area contributed by atoms with Crippen LogP contribution in [0.1, 0.15) is 18.4 Å². The Hall–Kier alpha value is -1.26. The van der Waals surface area contributed by atoms with Crippen LogP contribution in [0.4, 0.5) is 4.79 Å². The van der Waals surface area contributed by atoms with E-state index in [2.05, 4.69) is 10.6 Å². The van der Waals surface area contributed by atoms with Gasteiger partial charge in [-0.15, -0.1) is 12.4 Å². The number of carbonyl (C=O) groups is 1. The van der Waals surface area contributed by atoms with Crippen molar-refractivity contribution in [2.45, 2.75) is 25.5 Å². The molecule has 0 bridgehead atoms. The van der Waals surface area contributed by atoms with Gasteiger partial charge in [-0.05, 0) is 24.9 Å². The lowest BCUT2D eigenvalue weighted by Gasteiger charge is -2.11. The Morgan fingerprint density at radius 3 is 2.83 bits per heavy atom. The van der Waals surface area contributed by atoms with Crippen molar-refractivity contribution in [2.24, 2.45) is 0 Å². The molecule has 0 saturated carbocycles. The van der Waals surface area contributed by atoms with Crippen molar-refractivity contribution in [3.63, 3.8) is 0 Å². The number of alkyl carbamates (subject to hydrolysis) is 1. The summed E-state index contributed by atoms with van der Waals surface area (Å²) in [5.74, 6) is 0. The molecule has 0 unspecified atom stereocenters. The maximum atomic E-state index is 11.4. The molecule has 1 aromatic carbocycles. The molecule has 2 rings (SSSR count). The Balaban J connectivity index is 0.00000162. The zero-order valence-electron chi connectivity index (χ0n) is 10.2. The van der Waals surface area contributed by atoms with Crippen molar-refractivity contribution < 1.29 is 9.53 Å². The predicted molar refractivity (Wildman–Crippen MR) is 72.9 cm³/mol. The zero-order chi connectivity index (χ0) is 11.9. The van der Waals surface area contributed by atoms with Crippen molar-refractivity contribution in [1.82, 2.24) is 10.6 Å². The molecular formula is C13H19ClN2O2. The first-order valence-electron chi connectivity index (χ1n) is 6.02. The second-order valence-corrected chi connectivity index (χ2v) is 4.24. The van der Waals surface area contributed by atoms with Crippen LogP contribution in [-0.4, -0.2) is 25.2 Å². The minimum Gasteiger partial charge on any atom is -0.445 e. The first-order valence-corrected chi connectivity index (χ1v) is 6.02. The third-order valence-corrected chi connectivity index (χ3v) is 2.87. The topological polar surface area (TPSA) is 50.4 Å². The fourth-order valence-electron chi connectivity index (χ4n) is 1.91. The molecule has 1 aliphatic rings. The van der Waals surface area contributed by atoms with Gasteiger partial charge in [0.05, 0.1) is 0 Å². The maximum Gasteiger partial charge on any atom is 0.407 e. The van der Waals surface area contributed by atoms with Gasteiger partial charge >= 0.3 is 6.09 Å². The van der Waals surface area contributed by atoms with E-state index in [0.717, 1.165) is 18.5 Å². The third-order valence-electron chi connectivity index (χ3n) is 2.87. The average molecular weight is 271 g/mol. The highest BCUT2D eigenvalue weighted by molar-refractivity contribution is 5.85. The molecule has 0 radical (unpaired) electrons. The molecule has 1 aliphatic heterocycles. The van der Waals surface area contributed by atoms with Gasteiger partial charge in [-0.1, -0.05) is 30.3 Å². The molecule has 1 aromatic rings. The van der Waals surface area contributed by atoms with Gasteiger partial charge in [0, 0.05) is 12.6 Å². The van der Waals surface area contributed by atoms with E-state index >= 15 is 0 Å². The largest absolute Gasteiger partial charge is 0.445 e. The van der Waals surface area contributed by atoms with Gasteiger partial charge in [-0.25, -0.2) is 4.79 Å². The third kappa shape index (κ3) is 4.94. The van der Waals surface area contributed by atoms with Crippen LogP contribution in [0.3, 0.4) is 0 Å². The summed E-state index contributed by atoms with van der Waals surface area (Å²) >= 11 is 0. The van der Waals surface area contributed by atoms with Gasteiger partial charge in [-0.3, -0.25) is 0 Å². The number of carbonyl (C=O) groups excluding carboxylic acids is 1. The number of hydrogen-bond acceptors (Lipinski definition) is 3. The first-order chi connectivity index (χ1) is 8.34. The highest BCUT2D eigenvalue weighted by atomic mass is 35.5. The monoisotopic (exact) mass is 270 g/mol. The molecule has 5 heteroatoms. The minimum absolute atomic E-state index is 0. The number of hydrogen-bond donors (Lipinski definition) is 2. The summed E-state index contributed by atoms with van der Waals surface area (Å²) in [5.41, 5.74) is 1.00. The molecule has 0 aromatic heterocycles. The highest BCUT2D eigenvalue weighted by Gasteiger charge is 2.14. The SMILES string of the molecule is Cl.O=C(NC[C@@H]1CCCN1)OCc1ccccc1. The van der Waals surface area contributed by atoms with Crippen molar-refractivity contribution in [3.05, 3.63) is 35.9 Å². The Labute approximate surface area is 114 Å². The number of benzene rings is 1. The molecule has 2 N–H and O–H groups in total. The number of ether oxygens (including phenoxy) is 1. The fourth-order valence-corrected chi connectivity index (χ4v) is 1.91. The van der Waals surface area contributed by atoms with Crippen molar-refractivity contribution >= 4 is 18.5 Å². The molecule has 100 valence electrons. The molecule has 1 amide bonds. The van der Waals surface area contributed by atoms with Gasteiger partial charge in [0.25, 0.3) is 0 Å². The van der Waals surface area contributed by atoms with Crippen LogP contribution in [0.15, 0.2) is 30.3 Å². The van der Waals surface area contributed by atoms with Gasteiger partial charge in [0.1, 0.15) is 6.61 Å². The summed E-state index contributed by atoms with van der Waals surface area (Å²) in [4.78, 5) is 11.4. The molecule has 1 fully saturated rings. The number of amides is 1. The van der Waals surface area contributed by atoms with Crippen molar-refractivity contribution in [1.29, 1.82) is 0 Å². The van der Waals surface area contributed by atoms with E-state index in [-0.39, 0.29) is 18.5 Å². The fraction of sp³-hybridized carbons (Fsp3) is 0.462. The first kappa shape index (κ1) is 14.8. The number of halogens is 1. The smallest absolute Gasteiger partial charge is 0.407 e. The van der Waals surface area contributed by atoms with Crippen LogP contribution in [-0.2, 0) is 11.3 Å². The second-order valence-electron chi connectivity index (χ2n) is 4.24. The van der Waals surface area contributed by atoms with Crippen LogP contribution in [0, 0.1) is 0 Å². The Morgan fingerprint density at radius 2 is 2.17 bits per heavy atom. The van der Waals surface area contributed by atoms with Crippen LogP contribution in [0.2, 0.25) is 0 Å². The van der Waals surface area contributed by atoms with Crippen LogP contribution in [0.25, 0.3) is 0 Å². The van der Waals surface area contributed by atoms with E-state index in [1.807, 2.05) is 30.3 Å². The number of rotatable bonds is 4. The van der Waals surface area contributed by atoms with E-state index in [1.54, 1.807) is 0 Å². The van der Waals surface area contributed by atoms with Gasteiger partial charge in [-0.2, -0.15) is 0 Å². The van der Waals surface area contributed by atoms with Gasteiger partial charge in [0.15, 0.2) is 0 Å². The lowest BCUT2D eigenvalue weighted by atomic mass is 10.2. The van der Waals surface area contributed by atoms with Crippen molar-refractivity contribution in [3.8, 4) is 0 Å². The minimum atomic E-state index is -0.345. The Bertz CT molecular complexity index is 353. The van der Waals surface area contributed by atoms with E-state index in [0.29, 0.717) is 19.2 Å². The summed E-state index contributed by atoms with van der Waals surface area (Å²) in [6, 6.07) is 10.1. The molecular weight excluding hydrogens is 252 g/mol. The second kappa shape index (κ2) is 7.95. The van der Waals surface area contributed by atoms with Crippen molar-refractivity contribution in [2.75, 3.05) is 13.1 Å². The Morgan fingerprint density at radius 1 is 1.39 bits per heavy atom. The highest BCUT2D eigenvalue weighted by Crippen LogP contribution is 2.04. The molecule has 4 nitrogen and oxygen atoms in total. The lowest BCUT2D eigenvalue weighted by molar-refractivity contribution is 0.139. The molecule has 0 aliphatic carbocycles. The van der Waals surface area contributed by atoms with Gasteiger partial charge < -0.3 is 15.4 Å². The van der Waals surface area contributed by atoms with E-state index in [9.17, 15) is 4.79 Å². The maximum absolute atomic E-state index is 11.4. The molecule has 1 saturated heterocycles. The van der Waals surface area contributed by atoms with Gasteiger partial charge in [0.2, 0.25) is 0 Å². The van der Waals surface area contributed by atoms with Crippen LogP contribution < -0.4 is 10.6 Å². The number of nitrogens with one attached hydrogen (secondary N) is 2. The molecule has 0 spiro atoms.